The summed E-state index contributed by atoms with van der Waals surface area (Å²) in [6.07, 6.45) is 3.05. The third-order valence-electron chi connectivity index (χ3n) is 4.97. The van der Waals surface area contributed by atoms with E-state index in [0.717, 1.165) is 33.6 Å². The van der Waals surface area contributed by atoms with Crippen molar-refractivity contribution < 1.29 is 34.4 Å². The molecule has 173 valence electrons. The van der Waals surface area contributed by atoms with Gasteiger partial charge in [0.05, 0.1) is 5.76 Å². The fraction of sp³-hybridized carbons (Fsp3) is 0.214. The smallest absolute Gasteiger partial charge is 0.155 e. The van der Waals surface area contributed by atoms with Crippen LogP contribution in [0.1, 0.15) is 36.1 Å². The second-order valence-corrected chi connectivity index (χ2v) is 8.14. The molecule has 33 heavy (non-hydrogen) atoms. The number of aliphatic hydroxyl groups excluding tert-OH is 1. The monoisotopic (exact) mass is 619 g/mol. The van der Waals surface area contributed by atoms with E-state index < -0.39 is 0 Å². The molecule has 0 bridgehead atoms. The molecular formula is C28H28IrNO3-. The number of benzene rings is 2. The van der Waals surface area contributed by atoms with Crippen molar-refractivity contribution in [2.45, 2.75) is 41.5 Å². The number of allylic oxidation sites excluding steroid dienone is 2. The summed E-state index contributed by atoms with van der Waals surface area (Å²) in [5.74, 6) is 0.835. The van der Waals surface area contributed by atoms with Gasteiger partial charge in [-0.2, -0.15) is 0 Å². The Morgan fingerprint density at radius 3 is 2.24 bits per heavy atom. The first-order chi connectivity index (χ1) is 15.1. The second kappa shape index (κ2) is 11.2. The number of hydrogen-bond acceptors (Lipinski definition) is 4. The maximum atomic E-state index is 10.0. The Kier molecular flexibility index (Phi) is 8.92. The summed E-state index contributed by atoms with van der Waals surface area (Å²) in [4.78, 5) is 14.6. The van der Waals surface area contributed by atoms with Crippen LogP contribution in [0.4, 0.5) is 0 Å². The fourth-order valence-electron chi connectivity index (χ4n) is 3.73. The topological polar surface area (TPSA) is 63.3 Å². The van der Waals surface area contributed by atoms with E-state index in [1.165, 1.54) is 42.2 Å². The van der Waals surface area contributed by atoms with Crippen molar-refractivity contribution >= 4 is 16.8 Å². The third kappa shape index (κ3) is 6.74. The van der Waals surface area contributed by atoms with Crippen LogP contribution in [0.5, 0.6) is 0 Å². The normalized spacial score (nSPS) is 10.9. The summed E-state index contributed by atoms with van der Waals surface area (Å²) in [7, 11) is 0. The Morgan fingerprint density at radius 2 is 1.70 bits per heavy atom. The molecule has 5 heteroatoms. The van der Waals surface area contributed by atoms with E-state index in [9.17, 15) is 4.79 Å². The standard InChI is InChI=1S/C23H20NO.C5H8O2.Ir/c1-14-8-15(2)10-18(9-14)20-12-21-19(13-24-20)11-22(25-21)23-16(3)6-5-7-17(23)4;1-4(6)3-5(2)7;/h5-9,11-13H,1-4H3;3,6H,1-2H3;/q-1;;/b;4-3-;. The minimum atomic E-state index is -0.125. The van der Waals surface area contributed by atoms with Gasteiger partial charge in [-0.1, -0.05) is 32.0 Å². The molecule has 0 aliphatic rings. The molecule has 4 aromatic rings. The molecule has 0 spiro atoms. The van der Waals surface area contributed by atoms with Crippen LogP contribution in [0.2, 0.25) is 0 Å². The average Bonchev–Trinajstić information content (AvgIpc) is 3.09. The van der Waals surface area contributed by atoms with E-state index in [4.69, 9.17) is 9.52 Å². The van der Waals surface area contributed by atoms with Gasteiger partial charge in [-0.25, -0.2) is 0 Å². The molecule has 1 radical (unpaired) electrons. The molecule has 0 fully saturated rings. The molecule has 1 N–H and O–H groups in total. The predicted octanol–water partition coefficient (Wildman–Crippen LogP) is 7.23. The summed E-state index contributed by atoms with van der Waals surface area (Å²) < 4.78 is 6.18. The van der Waals surface area contributed by atoms with E-state index in [0.29, 0.717) is 0 Å². The number of aromatic nitrogens is 1. The Bertz CT molecular complexity index is 1270. The summed E-state index contributed by atoms with van der Waals surface area (Å²) in [5, 5.41) is 9.38. The van der Waals surface area contributed by atoms with Crippen molar-refractivity contribution in [2.75, 3.05) is 0 Å². The van der Waals surface area contributed by atoms with Crippen molar-refractivity contribution in [3.63, 3.8) is 0 Å². The largest absolute Gasteiger partial charge is 0.512 e. The molecule has 4 nitrogen and oxygen atoms in total. The quantitative estimate of drug-likeness (QED) is 0.150. The summed E-state index contributed by atoms with van der Waals surface area (Å²) >= 11 is 0. The number of hydrogen-bond donors (Lipinski definition) is 1. The van der Waals surface area contributed by atoms with Crippen molar-refractivity contribution in [1.29, 1.82) is 0 Å². The second-order valence-electron chi connectivity index (χ2n) is 8.14. The number of fused-ring (bicyclic) bond motifs is 1. The predicted molar refractivity (Wildman–Crippen MR) is 130 cm³/mol. The van der Waals surface area contributed by atoms with E-state index in [1.807, 2.05) is 12.3 Å². The van der Waals surface area contributed by atoms with E-state index in [2.05, 4.69) is 75.1 Å². The SMILES string of the molecule is CC(=O)/C=C(/C)O.Cc1[c-]c(-c2cc3oc(-c4c(C)cccc4C)cc3cn2)cc(C)c1.[Ir]. The van der Waals surface area contributed by atoms with Crippen LogP contribution < -0.4 is 0 Å². The van der Waals surface area contributed by atoms with Gasteiger partial charge in [-0.3, -0.25) is 4.79 Å². The van der Waals surface area contributed by atoms with E-state index >= 15 is 0 Å². The molecule has 2 aromatic carbocycles. The molecular weight excluding hydrogens is 591 g/mol. The Morgan fingerprint density at radius 1 is 1.03 bits per heavy atom. The first kappa shape index (κ1) is 26.2. The zero-order valence-electron chi connectivity index (χ0n) is 19.7. The number of aryl methyl sites for hydroxylation is 4. The zero-order valence-corrected chi connectivity index (χ0v) is 22.1. The number of pyridine rings is 1. The molecule has 0 atom stereocenters. The number of furan rings is 1. The van der Waals surface area contributed by atoms with Crippen molar-refractivity contribution in [1.82, 2.24) is 4.98 Å². The summed E-state index contributed by atoms with van der Waals surface area (Å²) in [6, 6.07) is 18.0. The van der Waals surface area contributed by atoms with Gasteiger partial charge in [0, 0.05) is 43.3 Å². The molecule has 2 heterocycles. The molecule has 4 rings (SSSR count). The number of carbonyl (C=O) groups is 1. The minimum absolute atomic E-state index is 0. The first-order valence-corrected chi connectivity index (χ1v) is 10.5. The first-order valence-electron chi connectivity index (χ1n) is 10.5. The molecule has 0 unspecified atom stereocenters. The average molecular weight is 619 g/mol. The minimum Gasteiger partial charge on any atom is -0.512 e. The van der Waals surface area contributed by atoms with Gasteiger partial charge in [0.1, 0.15) is 11.3 Å². The van der Waals surface area contributed by atoms with Crippen LogP contribution in [0.15, 0.2) is 64.9 Å². The van der Waals surface area contributed by atoms with Gasteiger partial charge < -0.3 is 14.5 Å². The third-order valence-corrected chi connectivity index (χ3v) is 4.97. The number of carbonyl (C=O) groups excluding carboxylic acids is 1. The Labute approximate surface area is 208 Å². The van der Waals surface area contributed by atoms with Gasteiger partial charge in [-0.15, -0.1) is 34.9 Å². The maximum Gasteiger partial charge on any atom is 0.155 e. The van der Waals surface area contributed by atoms with Crippen molar-refractivity contribution in [2.24, 2.45) is 0 Å². The molecule has 0 saturated carbocycles. The van der Waals surface area contributed by atoms with Gasteiger partial charge in [-0.05, 0) is 56.6 Å². The molecule has 2 aromatic heterocycles. The number of rotatable bonds is 3. The molecule has 0 aliphatic carbocycles. The molecule has 0 saturated heterocycles. The Balaban J connectivity index is 0.000000423. The van der Waals surface area contributed by atoms with Crippen LogP contribution in [0, 0.1) is 33.8 Å². The van der Waals surface area contributed by atoms with Crippen LogP contribution in [0.3, 0.4) is 0 Å². The van der Waals surface area contributed by atoms with Crippen molar-refractivity contribution in [3.05, 3.63) is 88.8 Å². The van der Waals surface area contributed by atoms with Crippen LogP contribution >= 0.6 is 0 Å². The maximum absolute atomic E-state index is 10.0. The summed E-state index contributed by atoms with van der Waals surface area (Å²) in [5.41, 5.74) is 8.68. The van der Waals surface area contributed by atoms with Crippen LogP contribution in [-0.4, -0.2) is 15.9 Å². The Hall–Kier alpha value is -3.01. The van der Waals surface area contributed by atoms with Crippen LogP contribution in [0.25, 0.3) is 33.6 Å². The van der Waals surface area contributed by atoms with Gasteiger partial charge in [0.15, 0.2) is 5.78 Å². The van der Waals surface area contributed by atoms with Gasteiger partial charge in [0.25, 0.3) is 0 Å². The number of aliphatic hydroxyl groups is 1. The van der Waals surface area contributed by atoms with Gasteiger partial charge in [0.2, 0.25) is 0 Å². The molecule has 0 aliphatic heterocycles. The zero-order chi connectivity index (χ0) is 23.4. The van der Waals surface area contributed by atoms with Gasteiger partial charge >= 0.3 is 0 Å². The molecule has 0 amide bonds. The van der Waals surface area contributed by atoms with Crippen LogP contribution in [-0.2, 0) is 24.9 Å². The number of nitrogens with zero attached hydrogens (tertiary/aromatic N) is 1. The fourth-order valence-corrected chi connectivity index (χ4v) is 3.73. The van der Waals surface area contributed by atoms with E-state index in [1.54, 1.807) is 0 Å². The van der Waals surface area contributed by atoms with Crippen molar-refractivity contribution in [3.8, 4) is 22.6 Å². The number of ketones is 1. The van der Waals surface area contributed by atoms with E-state index in [-0.39, 0.29) is 31.6 Å². The summed E-state index contributed by atoms with van der Waals surface area (Å²) in [6.45, 7) is 11.2.